The first-order valence-corrected chi connectivity index (χ1v) is 11.7. The number of carbonyl (C=O) groups excluding carboxylic acids is 1. The first-order valence-electron chi connectivity index (χ1n) is 8.22. The second-order valence-electron chi connectivity index (χ2n) is 5.61. The van der Waals surface area contributed by atoms with Crippen LogP contribution in [0.5, 0.6) is 0 Å². The maximum Gasteiger partial charge on any atom is 0.251 e. The summed E-state index contributed by atoms with van der Waals surface area (Å²) in [7, 11) is 0. The van der Waals surface area contributed by atoms with Crippen LogP contribution in [0.25, 0.3) is 0 Å². The lowest BCUT2D eigenvalue weighted by atomic mass is 10.1. The monoisotopic (exact) mass is 409 g/mol. The van der Waals surface area contributed by atoms with Crippen molar-refractivity contribution in [3.63, 3.8) is 0 Å². The average Bonchev–Trinajstić information content (AvgIpc) is 2.67. The molecule has 1 fully saturated rings. The largest absolute Gasteiger partial charge is 0.351 e. The SMILES string of the molecule is O=C(NCCSc1ccc(Cl)cc1)c1ccc(C2SCCCS2)cc1. The Morgan fingerprint density at radius 1 is 1.08 bits per heavy atom. The van der Waals surface area contributed by atoms with Crippen LogP contribution >= 0.6 is 46.9 Å². The molecule has 1 aliphatic heterocycles. The fourth-order valence-electron chi connectivity index (χ4n) is 2.44. The van der Waals surface area contributed by atoms with Crippen molar-refractivity contribution in [3.8, 4) is 0 Å². The van der Waals surface area contributed by atoms with Crippen molar-refractivity contribution in [2.75, 3.05) is 23.8 Å². The second-order valence-corrected chi connectivity index (χ2v) is 9.94. The van der Waals surface area contributed by atoms with Gasteiger partial charge in [-0.1, -0.05) is 23.7 Å². The van der Waals surface area contributed by atoms with Crippen LogP contribution in [-0.4, -0.2) is 29.7 Å². The lowest BCUT2D eigenvalue weighted by Gasteiger charge is -2.21. The predicted octanol–water partition coefficient (Wildman–Crippen LogP) is 5.73. The molecule has 1 saturated heterocycles. The predicted molar refractivity (Wildman–Crippen MR) is 113 cm³/mol. The standard InChI is InChI=1S/C19H20ClNOS3/c20-16-6-8-17(9-7-16)23-13-10-21-18(22)14-2-4-15(5-3-14)19-24-11-1-12-25-19/h2-9,19H,1,10-13H2,(H,21,22). The number of benzene rings is 2. The second kappa shape index (κ2) is 9.81. The molecule has 0 bridgehead atoms. The van der Waals surface area contributed by atoms with Gasteiger partial charge >= 0.3 is 0 Å². The Morgan fingerprint density at radius 3 is 2.44 bits per heavy atom. The zero-order valence-electron chi connectivity index (χ0n) is 13.7. The van der Waals surface area contributed by atoms with Gasteiger partial charge in [-0.15, -0.1) is 35.3 Å². The molecule has 0 saturated carbocycles. The lowest BCUT2D eigenvalue weighted by Crippen LogP contribution is -2.25. The van der Waals surface area contributed by atoms with E-state index in [0.717, 1.165) is 21.2 Å². The highest BCUT2D eigenvalue weighted by molar-refractivity contribution is 8.16. The van der Waals surface area contributed by atoms with Crippen molar-refractivity contribution >= 4 is 52.8 Å². The van der Waals surface area contributed by atoms with Crippen LogP contribution in [0.15, 0.2) is 53.4 Å². The average molecular weight is 410 g/mol. The Bertz CT molecular complexity index is 685. The van der Waals surface area contributed by atoms with Crippen LogP contribution in [0, 0.1) is 0 Å². The quantitative estimate of drug-likeness (QED) is 0.487. The number of hydrogen-bond donors (Lipinski definition) is 1. The van der Waals surface area contributed by atoms with Crippen LogP contribution in [0.1, 0.15) is 26.9 Å². The summed E-state index contributed by atoms with van der Waals surface area (Å²) in [5.74, 6) is 3.28. The van der Waals surface area contributed by atoms with Gasteiger partial charge in [0.15, 0.2) is 0 Å². The van der Waals surface area contributed by atoms with E-state index in [1.807, 2.05) is 59.9 Å². The minimum absolute atomic E-state index is 0.00722. The molecule has 2 nitrogen and oxygen atoms in total. The summed E-state index contributed by atoms with van der Waals surface area (Å²) in [6.07, 6.45) is 1.29. The van der Waals surface area contributed by atoms with Gasteiger partial charge < -0.3 is 5.32 Å². The molecule has 0 aromatic heterocycles. The summed E-state index contributed by atoms with van der Waals surface area (Å²) in [5, 5.41) is 3.73. The minimum atomic E-state index is -0.00722. The third-order valence-corrected chi connectivity index (χ3v) is 8.02. The maximum atomic E-state index is 12.2. The van der Waals surface area contributed by atoms with E-state index in [0.29, 0.717) is 11.1 Å². The van der Waals surface area contributed by atoms with Gasteiger partial charge in [0.1, 0.15) is 0 Å². The van der Waals surface area contributed by atoms with Crippen molar-refractivity contribution in [2.45, 2.75) is 15.9 Å². The molecule has 0 aliphatic carbocycles. The molecule has 25 heavy (non-hydrogen) atoms. The Kier molecular flexibility index (Phi) is 7.47. The minimum Gasteiger partial charge on any atom is -0.351 e. The summed E-state index contributed by atoms with van der Waals surface area (Å²) in [6.45, 7) is 0.641. The topological polar surface area (TPSA) is 29.1 Å². The van der Waals surface area contributed by atoms with Gasteiger partial charge in [0, 0.05) is 27.8 Å². The molecule has 2 aromatic rings. The fourth-order valence-corrected chi connectivity index (χ4v) is 6.23. The molecule has 3 rings (SSSR count). The number of amides is 1. The van der Waals surface area contributed by atoms with Gasteiger partial charge in [0.05, 0.1) is 4.58 Å². The molecule has 0 unspecified atom stereocenters. The van der Waals surface area contributed by atoms with Gasteiger partial charge in [-0.05, 0) is 59.9 Å². The van der Waals surface area contributed by atoms with E-state index >= 15 is 0 Å². The summed E-state index contributed by atoms with van der Waals surface area (Å²) in [4.78, 5) is 13.4. The first-order chi connectivity index (χ1) is 12.2. The molecule has 0 radical (unpaired) electrons. The van der Waals surface area contributed by atoms with E-state index in [1.54, 1.807) is 11.8 Å². The molecule has 1 amide bonds. The highest BCUT2D eigenvalue weighted by Crippen LogP contribution is 2.43. The smallest absolute Gasteiger partial charge is 0.251 e. The molecule has 1 N–H and O–H groups in total. The molecule has 0 spiro atoms. The molecule has 1 aliphatic rings. The Morgan fingerprint density at radius 2 is 1.76 bits per heavy atom. The first kappa shape index (κ1) is 19.0. The molecule has 1 heterocycles. The fraction of sp³-hybridized carbons (Fsp3) is 0.316. The summed E-state index contributed by atoms with van der Waals surface area (Å²) in [5.41, 5.74) is 2.04. The van der Waals surface area contributed by atoms with Gasteiger partial charge in [0.25, 0.3) is 5.91 Å². The number of carbonyl (C=O) groups is 1. The summed E-state index contributed by atoms with van der Waals surface area (Å²) >= 11 is 11.6. The zero-order chi connectivity index (χ0) is 17.5. The van der Waals surface area contributed by atoms with Crippen molar-refractivity contribution in [1.29, 1.82) is 0 Å². The van der Waals surface area contributed by atoms with E-state index in [9.17, 15) is 4.79 Å². The van der Waals surface area contributed by atoms with E-state index in [4.69, 9.17) is 11.6 Å². The van der Waals surface area contributed by atoms with Crippen LogP contribution in [0.3, 0.4) is 0 Å². The normalized spacial score (nSPS) is 15.1. The Hall–Kier alpha value is -0.750. The number of rotatable bonds is 6. The maximum absolute atomic E-state index is 12.2. The van der Waals surface area contributed by atoms with E-state index < -0.39 is 0 Å². The Labute approximate surface area is 166 Å². The van der Waals surface area contributed by atoms with Gasteiger partial charge in [-0.2, -0.15) is 0 Å². The third-order valence-electron chi connectivity index (χ3n) is 3.74. The van der Waals surface area contributed by atoms with E-state index in [2.05, 4.69) is 17.4 Å². The molecular weight excluding hydrogens is 390 g/mol. The molecule has 0 atom stereocenters. The van der Waals surface area contributed by atoms with Crippen LogP contribution in [0.4, 0.5) is 0 Å². The molecule has 2 aromatic carbocycles. The van der Waals surface area contributed by atoms with Gasteiger partial charge in [0.2, 0.25) is 0 Å². The van der Waals surface area contributed by atoms with E-state index in [-0.39, 0.29) is 5.91 Å². The molecule has 6 heteroatoms. The highest BCUT2D eigenvalue weighted by atomic mass is 35.5. The van der Waals surface area contributed by atoms with Gasteiger partial charge in [-0.25, -0.2) is 0 Å². The van der Waals surface area contributed by atoms with Crippen molar-refractivity contribution in [3.05, 3.63) is 64.7 Å². The van der Waals surface area contributed by atoms with Crippen LogP contribution in [-0.2, 0) is 0 Å². The van der Waals surface area contributed by atoms with E-state index in [1.165, 1.54) is 23.5 Å². The van der Waals surface area contributed by atoms with Crippen molar-refractivity contribution in [1.82, 2.24) is 5.32 Å². The number of hydrogen-bond acceptors (Lipinski definition) is 4. The summed E-state index contributed by atoms with van der Waals surface area (Å²) in [6, 6.07) is 15.8. The summed E-state index contributed by atoms with van der Waals surface area (Å²) < 4.78 is 0.515. The van der Waals surface area contributed by atoms with Crippen LogP contribution < -0.4 is 5.32 Å². The molecular formula is C19H20ClNOS3. The van der Waals surface area contributed by atoms with Gasteiger partial charge in [-0.3, -0.25) is 4.79 Å². The number of thioether (sulfide) groups is 3. The number of nitrogens with one attached hydrogen (secondary N) is 1. The Balaban J connectivity index is 1.43. The highest BCUT2D eigenvalue weighted by Gasteiger charge is 2.16. The zero-order valence-corrected chi connectivity index (χ0v) is 16.9. The van der Waals surface area contributed by atoms with Crippen molar-refractivity contribution in [2.24, 2.45) is 0 Å². The van der Waals surface area contributed by atoms with Crippen molar-refractivity contribution < 1.29 is 4.79 Å². The van der Waals surface area contributed by atoms with Crippen LogP contribution in [0.2, 0.25) is 5.02 Å². The number of halogens is 1. The lowest BCUT2D eigenvalue weighted by molar-refractivity contribution is 0.0956. The molecule has 132 valence electrons. The third kappa shape index (κ3) is 5.88.